The molecule has 2 heteroatoms. The molecular formula is C21H27NO. The number of ether oxygens (including phenoxy) is 1. The first-order chi connectivity index (χ1) is 11.0. The SMILES string of the molecule is C=Cc1ccc2cc(OC3CCC(C(C)(C)C)CC3)ccc2n1. The lowest BCUT2D eigenvalue weighted by atomic mass is 9.72. The fourth-order valence-corrected chi connectivity index (χ4v) is 3.55. The van der Waals surface area contributed by atoms with Crippen LogP contribution >= 0.6 is 0 Å². The van der Waals surface area contributed by atoms with Gasteiger partial charge in [-0.2, -0.15) is 0 Å². The van der Waals surface area contributed by atoms with Gasteiger partial charge < -0.3 is 4.74 Å². The third-order valence-corrected chi connectivity index (χ3v) is 5.09. The molecule has 122 valence electrons. The van der Waals surface area contributed by atoms with Crippen LogP contribution in [0.2, 0.25) is 0 Å². The van der Waals surface area contributed by atoms with E-state index in [0.717, 1.165) is 41.1 Å². The zero-order valence-electron chi connectivity index (χ0n) is 14.5. The molecular weight excluding hydrogens is 282 g/mol. The van der Waals surface area contributed by atoms with E-state index in [1.807, 2.05) is 18.2 Å². The summed E-state index contributed by atoms with van der Waals surface area (Å²) in [4.78, 5) is 4.54. The van der Waals surface area contributed by atoms with Crippen molar-refractivity contribution in [3.63, 3.8) is 0 Å². The summed E-state index contributed by atoms with van der Waals surface area (Å²) in [5, 5.41) is 1.12. The van der Waals surface area contributed by atoms with E-state index in [4.69, 9.17) is 4.74 Å². The summed E-state index contributed by atoms with van der Waals surface area (Å²) >= 11 is 0. The van der Waals surface area contributed by atoms with Gasteiger partial charge in [-0.25, -0.2) is 4.98 Å². The van der Waals surface area contributed by atoms with Crippen LogP contribution in [0, 0.1) is 11.3 Å². The second-order valence-electron chi connectivity index (χ2n) is 7.75. The third kappa shape index (κ3) is 3.74. The van der Waals surface area contributed by atoms with Gasteiger partial charge in [0.1, 0.15) is 5.75 Å². The first-order valence-corrected chi connectivity index (χ1v) is 8.65. The molecule has 0 saturated heterocycles. The predicted octanol–water partition coefficient (Wildman–Crippen LogP) is 5.86. The van der Waals surface area contributed by atoms with Crippen molar-refractivity contribution in [2.75, 3.05) is 0 Å². The minimum absolute atomic E-state index is 0.353. The number of nitrogens with zero attached hydrogens (tertiary/aromatic N) is 1. The largest absolute Gasteiger partial charge is 0.490 e. The molecule has 0 radical (unpaired) electrons. The normalized spacial score (nSPS) is 22.0. The van der Waals surface area contributed by atoms with E-state index in [9.17, 15) is 0 Å². The molecule has 0 unspecified atom stereocenters. The number of fused-ring (bicyclic) bond motifs is 1. The summed E-state index contributed by atoms with van der Waals surface area (Å²) in [7, 11) is 0. The summed E-state index contributed by atoms with van der Waals surface area (Å²) in [5.74, 6) is 1.78. The lowest BCUT2D eigenvalue weighted by Gasteiger charge is -2.36. The third-order valence-electron chi connectivity index (χ3n) is 5.09. The maximum Gasteiger partial charge on any atom is 0.120 e. The predicted molar refractivity (Wildman–Crippen MR) is 97.7 cm³/mol. The Morgan fingerprint density at radius 1 is 1.09 bits per heavy atom. The van der Waals surface area contributed by atoms with Crippen LogP contribution in [0.15, 0.2) is 36.9 Å². The average molecular weight is 309 g/mol. The zero-order chi connectivity index (χ0) is 16.4. The highest BCUT2D eigenvalue weighted by atomic mass is 16.5. The molecule has 2 nitrogen and oxygen atoms in total. The van der Waals surface area contributed by atoms with E-state index >= 15 is 0 Å². The molecule has 23 heavy (non-hydrogen) atoms. The molecule has 1 aromatic heterocycles. The summed E-state index contributed by atoms with van der Waals surface area (Å²) in [6, 6.07) is 10.3. The summed E-state index contributed by atoms with van der Waals surface area (Å²) in [6.45, 7) is 10.8. The molecule has 0 bridgehead atoms. The topological polar surface area (TPSA) is 22.1 Å². The number of rotatable bonds is 3. The Kier molecular flexibility index (Phi) is 4.43. The van der Waals surface area contributed by atoms with Crippen molar-refractivity contribution in [1.29, 1.82) is 0 Å². The number of hydrogen-bond acceptors (Lipinski definition) is 2. The van der Waals surface area contributed by atoms with Crippen LogP contribution in [0.5, 0.6) is 5.75 Å². The van der Waals surface area contributed by atoms with E-state index in [1.165, 1.54) is 12.8 Å². The van der Waals surface area contributed by atoms with Crippen molar-refractivity contribution in [2.24, 2.45) is 11.3 Å². The van der Waals surface area contributed by atoms with Gasteiger partial charge in [-0.1, -0.05) is 33.4 Å². The van der Waals surface area contributed by atoms with E-state index < -0.39 is 0 Å². The van der Waals surface area contributed by atoms with E-state index in [-0.39, 0.29) is 0 Å². The average Bonchev–Trinajstić information content (AvgIpc) is 2.54. The number of benzene rings is 1. The maximum absolute atomic E-state index is 6.23. The Labute approximate surface area is 139 Å². The highest BCUT2D eigenvalue weighted by Crippen LogP contribution is 2.38. The van der Waals surface area contributed by atoms with Crippen LogP contribution in [-0.4, -0.2) is 11.1 Å². The van der Waals surface area contributed by atoms with Gasteiger partial charge in [0.25, 0.3) is 0 Å². The molecule has 1 aromatic carbocycles. The molecule has 0 N–H and O–H groups in total. The van der Waals surface area contributed by atoms with Crippen LogP contribution in [0.3, 0.4) is 0 Å². The number of hydrogen-bond donors (Lipinski definition) is 0. The van der Waals surface area contributed by atoms with E-state index in [1.54, 1.807) is 6.08 Å². The molecule has 0 spiro atoms. The Balaban J connectivity index is 1.67. The van der Waals surface area contributed by atoms with Crippen LogP contribution in [-0.2, 0) is 0 Å². The van der Waals surface area contributed by atoms with Gasteiger partial charge in [-0.15, -0.1) is 0 Å². The Hall–Kier alpha value is -1.83. The van der Waals surface area contributed by atoms with Gasteiger partial charge in [-0.05, 0) is 67.4 Å². The maximum atomic E-state index is 6.23. The highest BCUT2D eigenvalue weighted by Gasteiger charge is 2.30. The van der Waals surface area contributed by atoms with E-state index in [2.05, 4.69) is 44.5 Å². The summed E-state index contributed by atoms with van der Waals surface area (Å²) in [5.41, 5.74) is 2.32. The van der Waals surface area contributed by atoms with Crippen LogP contribution in [0.25, 0.3) is 17.0 Å². The van der Waals surface area contributed by atoms with Gasteiger partial charge in [0.15, 0.2) is 0 Å². The summed E-state index contributed by atoms with van der Waals surface area (Å²) in [6.07, 6.45) is 6.99. The van der Waals surface area contributed by atoms with Crippen molar-refractivity contribution in [3.05, 3.63) is 42.6 Å². The monoisotopic (exact) mass is 309 g/mol. The Morgan fingerprint density at radius 3 is 2.48 bits per heavy atom. The first kappa shape index (κ1) is 16.0. The quantitative estimate of drug-likeness (QED) is 0.708. The summed E-state index contributed by atoms with van der Waals surface area (Å²) < 4.78 is 6.23. The van der Waals surface area contributed by atoms with Crippen molar-refractivity contribution >= 4 is 17.0 Å². The van der Waals surface area contributed by atoms with Crippen LogP contribution < -0.4 is 4.74 Å². The second-order valence-corrected chi connectivity index (χ2v) is 7.75. The number of aromatic nitrogens is 1. The molecule has 3 rings (SSSR count). The lowest BCUT2D eigenvalue weighted by Crippen LogP contribution is -2.30. The van der Waals surface area contributed by atoms with Crippen molar-refractivity contribution < 1.29 is 4.74 Å². The smallest absolute Gasteiger partial charge is 0.120 e. The first-order valence-electron chi connectivity index (χ1n) is 8.65. The van der Waals surface area contributed by atoms with Gasteiger partial charge in [0.05, 0.1) is 17.3 Å². The van der Waals surface area contributed by atoms with Gasteiger partial charge in [-0.3, -0.25) is 0 Å². The molecule has 0 amide bonds. The van der Waals surface area contributed by atoms with Crippen molar-refractivity contribution in [1.82, 2.24) is 4.98 Å². The molecule has 1 saturated carbocycles. The molecule has 1 heterocycles. The van der Waals surface area contributed by atoms with Crippen LogP contribution in [0.1, 0.15) is 52.1 Å². The standard InChI is InChI=1S/C21H27NO/c1-5-17-9-6-15-14-19(12-13-20(15)22-17)23-18-10-7-16(8-11-18)21(2,3)4/h5-6,9,12-14,16,18H,1,7-8,10-11H2,2-4H3. The zero-order valence-corrected chi connectivity index (χ0v) is 14.5. The molecule has 0 atom stereocenters. The second kappa shape index (κ2) is 6.35. The van der Waals surface area contributed by atoms with Crippen molar-refractivity contribution in [3.8, 4) is 5.75 Å². The molecule has 0 aliphatic heterocycles. The van der Waals surface area contributed by atoms with Crippen LogP contribution in [0.4, 0.5) is 0 Å². The van der Waals surface area contributed by atoms with Gasteiger partial charge in [0, 0.05) is 5.39 Å². The lowest BCUT2D eigenvalue weighted by molar-refractivity contribution is 0.0883. The molecule has 1 aliphatic carbocycles. The minimum Gasteiger partial charge on any atom is -0.490 e. The van der Waals surface area contributed by atoms with Crippen molar-refractivity contribution in [2.45, 2.75) is 52.6 Å². The Morgan fingerprint density at radius 2 is 1.83 bits per heavy atom. The molecule has 1 fully saturated rings. The fraction of sp³-hybridized carbons (Fsp3) is 0.476. The highest BCUT2D eigenvalue weighted by molar-refractivity contribution is 5.81. The van der Waals surface area contributed by atoms with Gasteiger partial charge >= 0.3 is 0 Å². The number of pyridine rings is 1. The molecule has 2 aromatic rings. The molecule has 1 aliphatic rings. The van der Waals surface area contributed by atoms with E-state index in [0.29, 0.717) is 11.5 Å². The van der Waals surface area contributed by atoms with Gasteiger partial charge in [0.2, 0.25) is 0 Å². The Bertz CT molecular complexity index is 691. The fourth-order valence-electron chi connectivity index (χ4n) is 3.55. The minimum atomic E-state index is 0.353.